The number of hydrogen-bond acceptors (Lipinski definition) is 2. The first-order valence-electron chi connectivity index (χ1n) is 7.84. The lowest BCUT2D eigenvalue weighted by molar-refractivity contribution is 0.620. The van der Waals surface area contributed by atoms with Crippen molar-refractivity contribution >= 4 is 33.7 Å². The summed E-state index contributed by atoms with van der Waals surface area (Å²) < 4.78 is 0. The van der Waals surface area contributed by atoms with E-state index >= 15 is 0 Å². The number of anilines is 1. The number of hydrogen-bond donors (Lipinski definition) is 2. The Hall–Kier alpha value is -1.61. The van der Waals surface area contributed by atoms with Crippen LogP contribution in [-0.2, 0) is 0 Å². The Morgan fingerprint density at radius 1 is 0.952 bits per heavy atom. The van der Waals surface area contributed by atoms with Crippen LogP contribution in [0.1, 0.15) is 44.1 Å². The Kier molecular flexibility index (Phi) is 4.39. The van der Waals surface area contributed by atoms with Crippen LogP contribution < -0.4 is 11.1 Å². The van der Waals surface area contributed by atoms with Crippen LogP contribution in [0.25, 0.3) is 10.8 Å². The van der Waals surface area contributed by atoms with Crippen molar-refractivity contribution in [2.75, 3.05) is 5.32 Å². The first-order chi connectivity index (χ1) is 10.3. The summed E-state index contributed by atoms with van der Waals surface area (Å²) in [7, 11) is 0. The summed E-state index contributed by atoms with van der Waals surface area (Å²) in [5.41, 5.74) is 8.02. The molecule has 0 unspecified atom stereocenters. The molecule has 3 heteroatoms. The predicted molar refractivity (Wildman–Crippen MR) is 94.9 cm³/mol. The molecule has 0 aromatic heterocycles. The first-order valence-corrected chi connectivity index (χ1v) is 8.24. The molecule has 0 bridgehead atoms. The van der Waals surface area contributed by atoms with Gasteiger partial charge in [-0.1, -0.05) is 62.2 Å². The summed E-state index contributed by atoms with van der Waals surface area (Å²) in [4.78, 5) is 0.465. The first kappa shape index (κ1) is 14.3. The molecule has 21 heavy (non-hydrogen) atoms. The van der Waals surface area contributed by atoms with Crippen molar-refractivity contribution in [2.45, 2.75) is 44.6 Å². The van der Waals surface area contributed by atoms with Crippen LogP contribution in [0, 0.1) is 0 Å². The Bertz CT molecular complexity index is 643. The van der Waals surface area contributed by atoms with Crippen molar-refractivity contribution < 1.29 is 0 Å². The van der Waals surface area contributed by atoms with Gasteiger partial charge in [-0.25, -0.2) is 0 Å². The highest BCUT2D eigenvalue weighted by Crippen LogP contribution is 2.29. The molecular formula is C18H22N2S. The number of rotatable bonds is 3. The highest BCUT2D eigenvalue weighted by molar-refractivity contribution is 7.80. The van der Waals surface area contributed by atoms with Crippen LogP contribution in [0.4, 0.5) is 5.69 Å². The van der Waals surface area contributed by atoms with Crippen molar-refractivity contribution in [3.8, 4) is 0 Å². The SMILES string of the molecule is NC(=S)c1ccc(NC2CCCCCC2)c2ccccc12. The third kappa shape index (κ3) is 3.18. The van der Waals surface area contributed by atoms with Gasteiger partial charge in [-0.2, -0.15) is 0 Å². The van der Waals surface area contributed by atoms with Gasteiger partial charge in [-0.05, 0) is 30.4 Å². The van der Waals surface area contributed by atoms with Gasteiger partial charge in [-0.15, -0.1) is 0 Å². The van der Waals surface area contributed by atoms with Crippen LogP contribution in [0.3, 0.4) is 0 Å². The van der Waals surface area contributed by atoms with E-state index in [0.717, 1.165) is 10.9 Å². The Morgan fingerprint density at radius 3 is 2.29 bits per heavy atom. The predicted octanol–water partition coefficient (Wildman–Crippen LogP) is 4.61. The minimum atomic E-state index is 0.465. The van der Waals surface area contributed by atoms with Crippen molar-refractivity contribution in [2.24, 2.45) is 5.73 Å². The zero-order valence-electron chi connectivity index (χ0n) is 12.3. The zero-order chi connectivity index (χ0) is 14.7. The summed E-state index contributed by atoms with van der Waals surface area (Å²) in [6, 6.07) is 13.1. The fourth-order valence-electron chi connectivity index (χ4n) is 3.28. The highest BCUT2D eigenvalue weighted by atomic mass is 32.1. The summed E-state index contributed by atoms with van der Waals surface area (Å²) >= 11 is 5.17. The van der Waals surface area contributed by atoms with Gasteiger partial charge in [0, 0.05) is 22.7 Å². The van der Waals surface area contributed by atoms with Gasteiger partial charge >= 0.3 is 0 Å². The number of fused-ring (bicyclic) bond motifs is 1. The maximum absolute atomic E-state index is 5.85. The Balaban J connectivity index is 1.95. The van der Waals surface area contributed by atoms with Crippen LogP contribution >= 0.6 is 12.2 Å². The van der Waals surface area contributed by atoms with E-state index < -0.39 is 0 Å². The average Bonchev–Trinajstić information content (AvgIpc) is 2.76. The second-order valence-corrected chi connectivity index (χ2v) is 6.34. The van der Waals surface area contributed by atoms with Gasteiger partial charge < -0.3 is 11.1 Å². The average molecular weight is 298 g/mol. The molecule has 0 spiro atoms. The normalized spacial score (nSPS) is 16.6. The molecule has 0 saturated heterocycles. The molecule has 0 atom stereocenters. The molecule has 0 radical (unpaired) electrons. The third-order valence-electron chi connectivity index (χ3n) is 4.40. The minimum Gasteiger partial charge on any atom is -0.389 e. The van der Waals surface area contributed by atoms with E-state index in [2.05, 4.69) is 29.6 Å². The Morgan fingerprint density at radius 2 is 1.62 bits per heavy atom. The summed E-state index contributed by atoms with van der Waals surface area (Å²) in [6.07, 6.45) is 7.95. The molecule has 2 aromatic rings. The maximum atomic E-state index is 5.85. The number of nitrogens with one attached hydrogen (secondary N) is 1. The van der Waals surface area contributed by atoms with Crippen molar-refractivity contribution in [3.63, 3.8) is 0 Å². The van der Waals surface area contributed by atoms with Crippen molar-refractivity contribution in [1.29, 1.82) is 0 Å². The number of nitrogens with two attached hydrogens (primary N) is 1. The Labute approximate surface area is 131 Å². The van der Waals surface area contributed by atoms with Crippen molar-refractivity contribution in [1.82, 2.24) is 0 Å². The van der Waals surface area contributed by atoms with E-state index in [1.807, 2.05) is 12.1 Å². The third-order valence-corrected chi connectivity index (χ3v) is 4.62. The molecule has 0 aliphatic heterocycles. The smallest absolute Gasteiger partial charge is 0.104 e. The van der Waals surface area contributed by atoms with Gasteiger partial charge in [0.25, 0.3) is 0 Å². The summed E-state index contributed by atoms with van der Waals surface area (Å²) in [5.74, 6) is 0. The van der Waals surface area contributed by atoms with E-state index in [0.29, 0.717) is 11.0 Å². The fraction of sp³-hybridized carbons (Fsp3) is 0.389. The largest absolute Gasteiger partial charge is 0.389 e. The van der Waals surface area contributed by atoms with Crippen molar-refractivity contribution in [3.05, 3.63) is 42.0 Å². The molecule has 3 N–H and O–H groups in total. The molecule has 110 valence electrons. The highest BCUT2D eigenvalue weighted by Gasteiger charge is 2.14. The van der Waals surface area contributed by atoms with Gasteiger partial charge in [0.2, 0.25) is 0 Å². The molecular weight excluding hydrogens is 276 g/mol. The molecule has 3 rings (SSSR count). The van der Waals surface area contributed by atoms with E-state index in [1.54, 1.807) is 0 Å². The lowest BCUT2D eigenvalue weighted by Crippen LogP contribution is -2.18. The standard InChI is InChI=1S/C18H22N2S/c19-18(21)16-11-12-17(15-10-6-5-9-14(15)16)20-13-7-3-1-2-4-8-13/h5-6,9-13,20H,1-4,7-8H2,(H2,19,21). The van der Waals surface area contributed by atoms with Gasteiger partial charge in [0.05, 0.1) is 0 Å². The quantitative estimate of drug-likeness (QED) is 0.642. The number of thiocarbonyl (C=S) groups is 1. The van der Waals surface area contributed by atoms with E-state index in [-0.39, 0.29) is 0 Å². The minimum absolute atomic E-state index is 0.465. The second kappa shape index (κ2) is 6.44. The van der Waals surface area contributed by atoms with Crippen LogP contribution in [0.15, 0.2) is 36.4 Å². The van der Waals surface area contributed by atoms with Gasteiger partial charge in [0.15, 0.2) is 0 Å². The van der Waals surface area contributed by atoms with Gasteiger partial charge in [0.1, 0.15) is 4.99 Å². The van der Waals surface area contributed by atoms with Gasteiger partial charge in [-0.3, -0.25) is 0 Å². The van der Waals surface area contributed by atoms with E-state index in [9.17, 15) is 0 Å². The molecule has 0 heterocycles. The summed E-state index contributed by atoms with van der Waals surface area (Å²) in [6.45, 7) is 0. The number of benzene rings is 2. The lowest BCUT2D eigenvalue weighted by Gasteiger charge is -2.20. The van der Waals surface area contributed by atoms with Crippen LogP contribution in [0.5, 0.6) is 0 Å². The molecule has 2 aromatic carbocycles. The lowest BCUT2D eigenvalue weighted by atomic mass is 10.0. The zero-order valence-corrected chi connectivity index (χ0v) is 13.1. The van der Waals surface area contributed by atoms with Crippen LogP contribution in [-0.4, -0.2) is 11.0 Å². The molecule has 1 aliphatic carbocycles. The van der Waals surface area contributed by atoms with E-state index in [1.165, 1.54) is 49.6 Å². The monoisotopic (exact) mass is 298 g/mol. The molecule has 2 nitrogen and oxygen atoms in total. The second-order valence-electron chi connectivity index (χ2n) is 5.90. The molecule has 1 fully saturated rings. The maximum Gasteiger partial charge on any atom is 0.104 e. The molecule has 0 amide bonds. The fourth-order valence-corrected chi connectivity index (χ4v) is 3.46. The molecule has 1 aliphatic rings. The summed E-state index contributed by atoms with van der Waals surface area (Å²) in [5, 5.41) is 6.10. The topological polar surface area (TPSA) is 38.0 Å². The molecule has 1 saturated carbocycles. The van der Waals surface area contributed by atoms with Crippen LogP contribution in [0.2, 0.25) is 0 Å². The van der Waals surface area contributed by atoms with E-state index in [4.69, 9.17) is 18.0 Å².